The van der Waals surface area contributed by atoms with Crippen LogP contribution in [-0.4, -0.2) is 23.8 Å². The van der Waals surface area contributed by atoms with E-state index in [-0.39, 0.29) is 25.0 Å². The largest absolute Gasteiger partial charge is 0.490 e. The van der Waals surface area contributed by atoms with E-state index in [1.807, 2.05) is 6.07 Å². The van der Waals surface area contributed by atoms with E-state index in [2.05, 4.69) is 0 Å². The first kappa shape index (κ1) is 19.9. The molecule has 1 heterocycles. The molecule has 0 saturated carbocycles. The zero-order valence-corrected chi connectivity index (χ0v) is 16.2. The summed E-state index contributed by atoms with van der Waals surface area (Å²) < 4.78 is 24.7. The highest BCUT2D eigenvalue weighted by Crippen LogP contribution is 2.43. The number of ether oxygens (including phenoxy) is 2. The van der Waals surface area contributed by atoms with Crippen molar-refractivity contribution >= 4 is 29.2 Å². The molecule has 0 unspecified atom stereocenters. The molecule has 7 heteroatoms. The van der Waals surface area contributed by atoms with Crippen LogP contribution in [-0.2, 0) is 21.6 Å². The molecule has 2 atom stereocenters. The molecule has 0 spiro atoms. The smallest absolute Gasteiger partial charge is 0.309 e. The third kappa shape index (κ3) is 4.54. The Morgan fingerprint density at radius 3 is 2.78 bits per heavy atom. The number of fused-ring (bicyclic) bond motifs is 1. The van der Waals surface area contributed by atoms with Crippen molar-refractivity contribution in [3.8, 4) is 5.75 Å². The lowest BCUT2D eigenvalue weighted by atomic mass is 9.81. The summed E-state index contributed by atoms with van der Waals surface area (Å²) in [5.41, 5.74) is -0.456. The first-order valence-electron chi connectivity index (χ1n) is 8.59. The minimum atomic E-state index is -1.58. The molecule has 144 valence electrons. The van der Waals surface area contributed by atoms with Gasteiger partial charge in [0.25, 0.3) is 0 Å². The van der Waals surface area contributed by atoms with Gasteiger partial charge in [0, 0.05) is 18.4 Å². The quantitative estimate of drug-likeness (QED) is 0.725. The van der Waals surface area contributed by atoms with Crippen LogP contribution >= 0.6 is 23.2 Å². The predicted molar refractivity (Wildman–Crippen MR) is 101 cm³/mol. The summed E-state index contributed by atoms with van der Waals surface area (Å²) in [6.07, 6.45) is -0.153. The molecule has 0 aliphatic carbocycles. The van der Waals surface area contributed by atoms with Crippen LogP contribution < -0.4 is 4.74 Å². The molecule has 0 aromatic heterocycles. The Hall–Kier alpha value is -1.82. The van der Waals surface area contributed by atoms with E-state index >= 15 is 0 Å². The van der Waals surface area contributed by atoms with Crippen LogP contribution in [0.5, 0.6) is 5.75 Å². The maximum Gasteiger partial charge on any atom is 0.309 e. The average Bonchev–Trinajstić information content (AvgIpc) is 2.59. The monoisotopic (exact) mass is 412 g/mol. The van der Waals surface area contributed by atoms with Crippen molar-refractivity contribution in [1.82, 2.24) is 0 Å². The molecule has 0 bridgehead atoms. The second-order valence-electron chi connectivity index (χ2n) is 6.55. The summed E-state index contributed by atoms with van der Waals surface area (Å²) in [6, 6.07) is 9.16. The molecule has 4 nitrogen and oxygen atoms in total. The van der Waals surface area contributed by atoms with Gasteiger partial charge in [-0.3, -0.25) is 4.79 Å². The van der Waals surface area contributed by atoms with Crippen molar-refractivity contribution in [3.05, 3.63) is 63.4 Å². The van der Waals surface area contributed by atoms with Gasteiger partial charge in [-0.2, -0.15) is 0 Å². The molecular formula is C20H19Cl2FO4. The highest BCUT2D eigenvalue weighted by Gasteiger charge is 2.42. The zero-order valence-electron chi connectivity index (χ0n) is 14.7. The van der Waals surface area contributed by atoms with E-state index in [4.69, 9.17) is 32.7 Å². The number of aliphatic hydroxyl groups is 1. The third-order valence-corrected chi connectivity index (χ3v) is 5.23. The fourth-order valence-corrected chi connectivity index (χ4v) is 3.66. The predicted octanol–water partition coefficient (Wildman–Crippen LogP) is 4.67. The van der Waals surface area contributed by atoms with Crippen molar-refractivity contribution in [2.75, 3.05) is 6.61 Å². The van der Waals surface area contributed by atoms with Crippen LogP contribution in [0.1, 0.15) is 30.9 Å². The van der Waals surface area contributed by atoms with Crippen LogP contribution in [0.25, 0.3) is 0 Å². The van der Waals surface area contributed by atoms with E-state index in [1.165, 1.54) is 18.2 Å². The van der Waals surface area contributed by atoms with Crippen LogP contribution in [0.3, 0.4) is 0 Å². The SMILES string of the molecule is CCOC(=O)C[C@]1(O)C[C@@H](Cc2ccc(Cl)c(Cl)c2)Oc2ccc(F)cc21. The Bertz CT molecular complexity index is 858. The molecule has 2 aromatic carbocycles. The molecule has 2 aromatic rings. The number of benzene rings is 2. The Balaban J connectivity index is 1.89. The molecule has 1 aliphatic heterocycles. The number of carbonyl (C=O) groups is 1. The molecular weight excluding hydrogens is 394 g/mol. The van der Waals surface area contributed by atoms with Crippen molar-refractivity contribution < 1.29 is 23.8 Å². The van der Waals surface area contributed by atoms with Crippen LogP contribution in [0, 0.1) is 5.82 Å². The van der Waals surface area contributed by atoms with Gasteiger partial charge in [-0.15, -0.1) is 0 Å². The average molecular weight is 413 g/mol. The molecule has 0 saturated heterocycles. The first-order chi connectivity index (χ1) is 12.8. The highest BCUT2D eigenvalue weighted by molar-refractivity contribution is 6.42. The summed E-state index contributed by atoms with van der Waals surface area (Å²) in [6.45, 7) is 1.89. The van der Waals surface area contributed by atoms with Gasteiger partial charge in [0.05, 0.1) is 23.1 Å². The van der Waals surface area contributed by atoms with Gasteiger partial charge in [-0.25, -0.2) is 4.39 Å². The van der Waals surface area contributed by atoms with Gasteiger partial charge < -0.3 is 14.6 Å². The Kier molecular flexibility index (Phi) is 5.94. The fourth-order valence-electron chi connectivity index (χ4n) is 3.34. The van der Waals surface area contributed by atoms with Crippen molar-refractivity contribution in [2.45, 2.75) is 37.9 Å². The maximum atomic E-state index is 13.7. The van der Waals surface area contributed by atoms with Gasteiger partial charge in [-0.05, 0) is 42.8 Å². The minimum Gasteiger partial charge on any atom is -0.490 e. The number of hydrogen-bond acceptors (Lipinski definition) is 4. The van der Waals surface area contributed by atoms with E-state index in [1.54, 1.807) is 19.1 Å². The summed E-state index contributed by atoms with van der Waals surface area (Å²) in [5.74, 6) is -0.715. The van der Waals surface area contributed by atoms with E-state index in [9.17, 15) is 14.3 Å². The second-order valence-corrected chi connectivity index (χ2v) is 7.36. The molecule has 3 rings (SSSR count). The third-order valence-electron chi connectivity index (χ3n) is 4.49. The summed E-state index contributed by atoms with van der Waals surface area (Å²) in [5, 5.41) is 12.1. The lowest BCUT2D eigenvalue weighted by Gasteiger charge is -2.38. The molecule has 0 fully saturated rings. The first-order valence-corrected chi connectivity index (χ1v) is 9.35. The van der Waals surface area contributed by atoms with E-state index in [0.29, 0.717) is 22.2 Å². The maximum absolute atomic E-state index is 13.7. The number of halogens is 3. The molecule has 0 amide bonds. The summed E-state index contributed by atoms with van der Waals surface area (Å²) in [4.78, 5) is 12.0. The Labute approximate surface area is 166 Å². The highest BCUT2D eigenvalue weighted by atomic mass is 35.5. The number of carbonyl (C=O) groups excluding carboxylic acids is 1. The fraction of sp³-hybridized carbons (Fsp3) is 0.350. The standard InChI is InChI=1S/C20H19Cl2FO4/c1-2-26-19(24)11-20(25)10-14(7-12-3-5-16(21)17(22)8-12)27-18-6-4-13(23)9-15(18)20/h3-6,8-9,14,25H,2,7,10-11H2,1H3/t14-,20-/m1/s1. The summed E-state index contributed by atoms with van der Waals surface area (Å²) in [7, 11) is 0. The van der Waals surface area contributed by atoms with E-state index in [0.717, 1.165) is 5.56 Å². The molecule has 1 aliphatic rings. The second kappa shape index (κ2) is 8.05. The number of hydrogen-bond donors (Lipinski definition) is 1. The summed E-state index contributed by atoms with van der Waals surface area (Å²) >= 11 is 12.0. The molecule has 1 N–H and O–H groups in total. The van der Waals surface area contributed by atoms with Gasteiger partial charge in [0.2, 0.25) is 0 Å². The minimum absolute atomic E-state index is 0.114. The normalized spacial score (nSPS) is 21.3. The van der Waals surface area contributed by atoms with Crippen LogP contribution in [0.2, 0.25) is 10.0 Å². The number of esters is 1. The Morgan fingerprint density at radius 1 is 1.30 bits per heavy atom. The lowest BCUT2D eigenvalue weighted by molar-refractivity contribution is -0.151. The number of rotatable bonds is 5. The molecule has 0 radical (unpaired) electrons. The topological polar surface area (TPSA) is 55.8 Å². The lowest BCUT2D eigenvalue weighted by Crippen LogP contribution is -2.41. The zero-order chi connectivity index (χ0) is 19.6. The van der Waals surface area contributed by atoms with Gasteiger partial charge in [0.1, 0.15) is 23.3 Å². The van der Waals surface area contributed by atoms with Crippen molar-refractivity contribution in [1.29, 1.82) is 0 Å². The van der Waals surface area contributed by atoms with Crippen LogP contribution in [0.4, 0.5) is 4.39 Å². The van der Waals surface area contributed by atoms with Crippen molar-refractivity contribution in [2.24, 2.45) is 0 Å². The van der Waals surface area contributed by atoms with Gasteiger partial charge in [0.15, 0.2) is 0 Å². The van der Waals surface area contributed by atoms with Gasteiger partial charge in [-0.1, -0.05) is 29.3 Å². The molecule has 27 heavy (non-hydrogen) atoms. The van der Waals surface area contributed by atoms with E-state index < -0.39 is 23.5 Å². The Morgan fingerprint density at radius 2 is 2.07 bits per heavy atom. The van der Waals surface area contributed by atoms with Gasteiger partial charge >= 0.3 is 5.97 Å². The van der Waals surface area contributed by atoms with Crippen LogP contribution in [0.15, 0.2) is 36.4 Å². The van der Waals surface area contributed by atoms with Crippen molar-refractivity contribution in [3.63, 3.8) is 0 Å².